The first-order valence-electron chi connectivity index (χ1n) is 3.65. The van der Waals surface area contributed by atoms with Gasteiger partial charge in [-0.25, -0.2) is 4.39 Å². The molecule has 0 aromatic heterocycles. The Morgan fingerprint density at radius 3 is 2.50 bits per heavy atom. The fourth-order valence-electron chi connectivity index (χ4n) is 1.01. The number of methoxy groups -OCH3 is 2. The van der Waals surface area contributed by atoms with Crippen LogP contribution < -0.4 is 9.47 Å². The van der Waals surface area contributed by atoms with Gasteiger partial charge in [0.2, 0.25) is 0 Å². The first-order valence-corrected chi connectivity index (χ1v) is 4.03. The highest BCUT2D eigenvalue weighted by molar-refractivity contribution is 6.32. The number of hydrogen-bond acceptors (Lipinski definition) is 3. The third kappa shape index (κ3) is 1.59. The number of halogens is 2. The van der Waals surface area contributed by atoms with E-state index in [9.17, 15) is 4.39 Å². The van der Waals surface area contributed by atoms with Crippen LogP contribution in [-0.4, -0.2) is 14.2 Å². The Morgan fingerprint density at radius 1 is 1.43 bits per heavy atom. The molecular formula is C9H7ClFNO2. The van der Waals surface area contributed by atoms with Gasteiger partial charge in [0.1, 0.15) is 11.1 Å². The molecule has 0 spiro atoms. The highest BCUT2D eigenvalue weighted by Gasteiger charge is 2.17. The van der Waals surface area contributed by atoms with Crippen molar-refractivity contribution in [2.75, 3.05) is 14.2 Å². The third-order valence-electron chi connectivity index (χ3n) is 1.67. The Kier molecular flexibility index (Phi) is 3.15. The van der Waals surface area contributed by atoms with E-state index in [1.165, 1.54) is 20.3 Å². The van der Waals surface area contributed by atoms with Gasteiger partial charge < -0.3 is 9.47 Å². The predicted molar refractivity (Wildman–Crippen MR) is 49.2 cm³/mol. The van der Waals surface area contributed by atoms with E-state index in [0.717, 1.165) is 0 Å². The predicted octanol–water partition coefficient (Wildman–Crippen LogP) is 2.37. The quantitative estimate of drug-likeness (QED) is 0.761. The Balaban J connectivity index is 3.48. The lowest BCUT2D eigenvalue weighted by Gasteiger charge is -2.10. The molecule has 0 heterocycles. The Hall–Kier alpha value is -1.47. The zero-order chi connectivity index (χ0) is 10.7. The molecule has 0 aliphatic heterocycles. The number of nitriles is 1. The minimum Gasteiger partial charge on any atom is -0.493 e. The molecule has 0 saturated heterocycles. The summed E-state index contributed by atoms with van der Waals surface area (Å²) in [5, 5.41) is 8.33. The molecular weight excluding hydrogens is 209 g/mol. The van der Waals surface area contributed by atoms with E-state index >= 15 is 0 Å². The summed E-state index contributed by atoms with van der Waals surface area (Å²) < 4.78 is 23.0. The van der Waals surface area contributed by atoms with Gasteiger partial charge in [-0.1, -0.05) is 11.6 Å². The summed E-state index contributed by atoms with van der Waals surface area (Å²) in [6.07, 6.45) is 0. The van der Waals surface area contributed by atoms with Crippen molar-refractivity contribution in [1.29, 1.82) is 5.26 Å². The van der Waals surface area contributed by atoms with Crippen LogP contribution in [0, 0.1) is 17.1 Å². The monoisotopic (exact) mass is 215 g/mol. The molecule has 74 valence electrons. The van der Waals surface area contributed by atoms with Crippen molar-refractivity contribution >= 4 is 11.6 Å². The molecule has 1 aromatic rings. The van der Waals surface area contributed by atoms with Crippen LogP contribution in [0.2, 0.25) is 5.02 Å². The lowest BCUT2D eigenvalue weighted by Crippen LogP contribution is -1.96. The molecule has 0 unspecified atom stereocenters. The maximum Gasteiger partial charge on any atom is 0.182 e. The van der Waals surface area contributed by atoms with Crippen molar-refractivity contribution in [2.24, 2.45) is 0 Å². The molecule has 0 atom stereocenters. The molecule has 0 N–H and O–H groups in total. The average Bonchev–Trinajstić information content (AvgIpc) is 2.21. The van der Waals surface area contributed by atoms with E-state index in [-0.39, 0.29) is 22.1 Å². The van der Waals surface area contributed by atoms with E-state index in [1.807, 2.05) is 0 Å². The van der Waals surface area contributed by atoms with Gasteiger partial charge in [0, 0.05) is 6.07 Å². The minimum atomic E-state index is -0.799. The highest BCUT2D eigenvalue weighted by Crippen LogP contribution is 2.38. The summed E-state index contributed by atoms with van der Waals surface area (Å²) in [7, 11) is 2.72. The SMILES string of the molecule is COc1cc(C#N)c(F)c(Cl)c1OC. The van der Waals surface area contributed by atoms with Crippen molar-refractivity contribution in [3.05, 3.63) is 22.5 Å². The van der Waals surface area contributed by atoms with Gasteiger partial charge in [-0.3, -0.25) is 0 Å². The maximum atomic E-state index is 13.3. The first kappa shape index (κ1) is 10.6. The van der Waals surface area contributed by atoms with Gasteiger partial charge in [0.15, 0.2) is 17.3 Å². The second-order valence-electron chi connectivity index (χ2n) is 2.40. The fraction of sp³-hybridized carbons (Fsp3) is 0.222. The van der Waals surface area contributed by atoms with Gasteiger partial charge >= 0.3 is 0 Å². The van der Waals surface area contributed by atoms with Crippen LogP contribution in [0.5, 0.6) is 11.5 Å². The van der Waals surface area contributed by atoms with Crippen molar-refractivity contribution in [1.82, 2.24) is 0 Å². The standard InChI is InChI=1S/C9H7ClFNO2/c1-13-6-3-5(4-12)8(11)7(10)9(6)14-2/h3H,1-2H3. The lowest BCUT2D eigenvalue weighted by atomic mass is 10.2. The Morgan fingerprint density at radius 2 is 2.07 bits per heavy atom. The topological polar surface area (TPSA) is 42.2 Å². The molecule has 0 bridgehead atoms. The van der Waals surface area contributed by atoms with Crippen LogP contribution in [0.3, 0.4) is 0 Å². The summed E-state index contributed by atoms with van der Waals surface area (Å²) in [5.74, 6) is -0.479. The largest absolute Gasteiger partial charge is 0.493 e. The Bertz CT molecular complexity index is 401. The molecule has 0 fully saturated rings. The van der Waals surface area contributed by atoms with Crippen LogP contribution in [0.25, 0.3) is 0 Å². The summed E-state index contributed by atoms with van der Waals surface area (Å²) in [6.45, 7) is 0. The molecule has 0 amide bonds. The average molecular weight is 216 g/mol. The second-order valence-corrected chi connectivity index (χ2v) is 2.78. The summed E-state index contributed by atoms with van der Waals surface area (Å²) in [5.41, 5.74) is -0.173. The van der Waals surface area contributed by atoms with E-state index in [0.29, 0.717) is 0 Å². The molecule has 1 aromatic carbocycles. The van der Waals surface area contributed by atoms with E-state index in [4.69, 9.17) is 26.3 Å². The van der Waals surface area contributed by atoms with Crippen molar-refractivity contribution in [2.45, 2.75) is 0 Å². The first-order chi connectivity index (χ1) is 6.65. The molecule has 3 nitrogen and oxygen atoms in total. The molecule has 0 radical (unpaired) electrons. The summed E-state index contributed by atoms with van der Waals surface area (Å²) >= 11 is 5.63. The van der Waals surface area contributed by atoms with Crippen LogP contribution in [-0.2, 0) is 0 Å². The number of nitrogens with zero attached hydrogens (tertiary/aromatic N) is 1. The molecule has 1 rings (SSSR count). The van der Waals surface area contributed by atoms with Crippen molar-refractivity contribution in [3.8, 4) is 17.6 Å². The minimum absolute atomic E-state index is 0.0886. The van der Waals surface area contributed by atoms with E-state index in [1.54, 1.807) is 6.07 Å². The zero-order valence-corrected chi connectivity index (χ0v) is 8.35. The number of ether oxygens (including phenoxy) is 2. The van der Waals surface area contributed by atoms with Gasteiger partial charge in [-0.15, -0.1) is 0 Å². The fourth-order valence-corrected chi connectivity index (χ4v) is 1.28. The highest BCUT2D eigenvalue weighted by atomic mass is 35.5. The third-order valence-corrected chi connectivity index (χ3v) is 2.01. The van der Waals surface area contributed by atoms with Crippen molar-refractivity contribution in [3.63, 3.8) is 0 Å². The smallest absolute Gasteiger partial charge is 0.182 e. The molecule has 14 heavy (non-hydrogen) atoms. The lowest BCUT2D eigenvalue weighted by molar-refractivity contribution is 0.352. The summed E-state index contributed by atoms with van der Waals surface area (Å²) in [6, 6.07) is 2.90. The van der Waals surface area contributed by atoms with Gasteiger partial charge in [0.25, 0.3) is 0 Å². The molecule has 0 aliphatic rings. The zero-order valence-electron chi connectivity index (χ0n) is 7.60. The summed E-state index contributed by atoms with van der Waals surface area (Å²) in [4.78, 5) is 0. The van der Waals surface area contributed by atoms with E-state index in [2.05, 4.69) is 0 Å². The molecule has 0 saturated carbocycles. The van der Waals surface area contributed by atoms with Crippen LogP contribution in [0.1, 0.15) is 5.56 Å². The van der Waals surface area contributed by atoms with Gasteiger partial charge in [-0.05, 0) is 0 Å². The van der Waals surface area contributed by atoms with Gasteiger partial charge in [-0.2, -0.15) is 5.26 Å². The van der Waals surface area contributed by atoms with Gasteiger partial charge in [0.05, 0.1) is 19.8 Å². The Labute approximate surface area is 85.6 Å². The van der Waals surface area contributed by atoms with E-state index < -0.39 is 5.82 Å². The molecule has 0 aliphatic carbocycles. The number of benzene rings is 1. The van der Waals surface area contributed by atoms with Crippen LogP contribution in [0.15, 0.2) is 6.07 Å². The van der Waals surface area contributed by atoms with Crippen molar-refractivity contribution < 1.29 is 13.9 Å². The number of hydrogen-bond donors (Lipinski definition) is 0. The van der Waals surface area contributed by atoms with Crippen LogP contribution >= 0.6 is 11.6 Å². The number of rotatable bonds is 2. The second kappa shape index (κ2) is 4.16. The maximum absolute atomic E-state index is 13.3. The normalized spacial score (nSPS) is 9.36. The van der Waals surface area contributed by atoms with Crippen LogP contribution in [0.4, 0.5) is 4.39 Å². The molecule has 5 heteroatoms.